The van der Waals surface area contributed by atoms with E-state index in [-0.39, 0.29) is 22.5 Å². The summed E-state index contributed by atoms with van der Waals surface area (Å²) in [7, 11) is 2.88. The van der Waals surface area contributed by atoms with Gasteiger partial charge in [-0.3, -0.25) is 0 Å². The Morgan fingerprint density at radius 2 is 1.92 bits per heavy atom. The Kier molecular flexibility index (Phi) is 5.92. The Hall–Kier alpha value is -2.96. The number of carbonyl (C=O) groups is 1. The summed E-state index contributed by atoms with van der Waals surface area (Å²) < 4.78 is 35.2. The summed E-state index contributed by atoms with van der Waals surface area (Å²) in [5.41, 5.74) is 1.09. The van der Waals surface area contributed by atoms with Crippen molar-refractivity contribution in [2.24, 2.45) is 7.05 Å². The van der Waals surface area contributed by atoms with Crippen molar-refractivity contribution in [3.63, 3.8) is 0 Å². The number of hydrogen-bond donors (Lipinski definition) is 1. The number of hydrogen-bond acceptors (Lipinski definition) is 4. The van der Waals surface area contributed by atoms with Crippen LogP contribution in [0, 0.1) is 18.6 Å². The van der Waals surface area contributed by atoms with Crippen LogP contribution in [-0.2, 0) is 11.8 Å². The lowest BCUT2D eigenvalue weighted by molar-refractivity contribution is 0.0601. The largest absolute Gasteiger partial charge is 0.465 e. The standard InChI is InChI=1S/C17H15F2N3O2.C2H6/c1-9-4-5-12(11(18)6-9)21-15-10(17(23)24-3)7-13-16(14(15)19)20-8-22(13)2;1-2/h4-8,21H,1-3H3;1-2H3. The zero-order valence-electron chi connectivity index (χ0n) is 15.4. The number of aryl methyl sites for hydroxylation is 2. The molecule has 1 heterocycles. The van der Waals surface area contributed by atoms with E-state index in [9.17, 15) is 13.6 Å². The van der Waals surface area contributed by atoms with E-state index in [1.807, 2.05) is 13.8 Å². The lowest BCUT2D eigenvalue weighted by atomic mass is 10.1. The van der Waals surface area contributed by atoms with Crippen LogP contribution >= 0.6 is 0 Å². The Morgan fingerprint density at radius 3 is 2.54 bits per heavy atom. The van der Waals surface area contributed by atoms with E-state index >= 15 is 0 Å². The molecule has 26 heavy (non-hydrogen) atoms. The fourth-order valence-electron chi connectivity index (χ4n) is 2.47. The molecule has 0 aliphatic rings. The zero-order chi connectivity index (χ0) is 19.4. The Balaban J connectivity index is 0.00000117. The minimum Gasteiger partial charge on any atom is -0.465 e. The minimum absolute atomic E-state index is 0.0360. The minimum atomic E-state index is -0.742. The number of halogens is 2. The number of aromatic nitrogens is 2. The molecule has 138 valence electrons. The quantitative estimate of drug-likeness (QED) is 0.686. The van der Waals surface area contributed by atoms with Gasteiger partial charge in [-0.15, -0.1) is 0 Å². The molecule has 0 saturated heterocycles. The molecule has 0 aliphatic carbocycles. The second-order valence-corrected chi connectivity index (χ2v) is 5.44. The third-order valence-corrected chi connectivity index (χ3v) is 3.75. The molecule has 0 aliphatic heterocycles. The molecule has 1 aromatic heterocycles. The number of methoxy groups -OCH3 is 1. The molecule has 0 fully saturated rings. The van der Waals surface area contributed by atoms with Gasteiger partial charge in [0.05, 0.1) is 35.9 Å². The maximum atomic E-state index is 14.9. The average Bonchev–Trinajstić information content (AvgIpc) is 3.01. The topological polar surface area (TPSA) is 56.1 Å². The second kappa shape index (κ2) is 7.95. The smallest absolute Gasteiger partial charge is 0.340 e. The van der Waals surface area contributed by atoms with Gasteiger partial charge in [0.25, 0.3) is 0 Å². The molecule has 2 aromatic carbocycles. The molecular weight excluding hydrogens is 340 g/mol. The van der Waals surface area contributed by atoms with E-state index in [4.69, 9.17) is 4.74 Å². The first-order valence-electron chi connectivity index (χ1n) is 8.17. The third kappa shape index (κ3) is 3.51. The predicted molar refractivity (Wildman–Crippen MR) is 97.8 cm³/mol. The van der Waals surface area contributed by atoms with Crippen LogP contribution in [0.15, 0.2) is 30.6 Å². The molecular formula is C19H21F2N3O2. The van der Waals surface area contributed by atoms with E-state index in [1.165, 1.54) is 31.6 Å². The first-order chi connectivity index (χ1) is 12.4. The van der Waals surface area contributed by atoms with Gasteiger partial charge in [0, 0.05) is 7.05 Å². The van der Waals surface area contributed by atoms with Crippen LogP contribution in [0.3, 0.4) is 0 Å². The maximum Gasteiger partial charge on any atom is 0.340 e. The Labute approximate surface area is 150 Å². The number of anilines is 2. The van der Waals surface area contributed by atoms with E-state index < -0.39 is 17.6 Å². The molecule has 0 radical (unpaired) electrons. The highest BCUT2D eigenvalue weighted by molar-refractivity contribution is 6.01. The molecule has 3 aromatic rings. The van der Waals surface area contributed by atoms with Crippen LogP contribution in [0.5, 0.6) is 0 Å². The average molecular weight is 361 g/mol. The molecule has 7 heteroatoms. The van der Waals surface area contributed by atoms with Gasteiger partial charge in [-0.1, -0.05) is 19.9 Å². The zero-order valence-corrected chi connectivity index (χ0v) is 15.4. The Morgan fingerprint density at radius 1 is 1.23 bits per heavy atom. The summed E-state index contributed by atoms with van der Waals surface area (Å²) in [6.07, 6.45) is 1.44. The molecule has 0 spiro atoms. The van der Waals surface area contributed by atoms with Crippen molar-refractivity contribution in [3.8, 4) is 0 Å². The third-order valence-electron chi connectivity index (χ3n) is 3.75. The number of imidazole rings is 1. The van der Waals surface area contributed by atoms with Gasteiger partial charge >= 0.3 is 5.97 Å². The lowest BCUT2D eigenvalue weighted by Crippen LogP contribution is -2.09. The van der Waals surface area contributed by atoms with E-state index in [1.54, 1.807) is 24.6 Å². The number of rotatable bonds is 3. The van der Waals surface area contributed by atoms with E-state index in [0.29, 0.717) is 5.52 Å². The number of benzene rings is 2. The highest BCUT2D eigenvalue weighted by Gasteiger charge is 2.22. The summed E-state index contributed by atoms with van der Waals surface area (Å²) in [6.45, 7) is 5.74. The second-order valence-electron chi connectivity index (χ2n) is 5.44. The van der Waals surface area contributed by atoms with Crippen LogP contribution in [0.4, 0.5) is 20.2 Å². The molecule has 0 unspecified atom stereocenters. The highest BCUT2D eigenvalue weighted by Crippen LogP contribution is 2.32. The van der Waals surface area contributed by atoms with Crippen molar-refractivity contribution in [1.29, 1.82) is 0 Å². The maximum absolute atomic E-state index is 14.9. The number of fused-ring (bicyclic) bond motifs is 1. The van der Waals surface area contributed by atoms with E-state index in [0.717, 1.165) is 5.56 Å². The van der Waals surface area contributed by atoms with Gasteiger partial charge < -0.3 is 14.6 Å². The number of ether oxygens (including phenoxy) is 1. The van der Waals surface area contributed by atoms with Crippen LogP contribution < -0.4 is 5.32 Å². The summed E-state index contributed by atoms with van der Waals surface area (Å²) in [6, 6.07) is 5.94. The fraction of sp³-hybridized carbons (Fsp3) is 0.263. The van der Waals surface area contributed by atoms with Crippen LogP contribution in [-0.4, -0.2) is 22.6 Å². The van der Waals surface area contributed by atoms with Gasteiger partial charge in [0.2, 0.25) is 0 Å². The van der Waals surface area contributed by atoms with E-state index in [2.05, 4.69) is 10.3 Å². The molecule has 1 N–H and O–H groups in total. The predicted octanol–water partition coefficient (Wildman–Crippen LogP) is 4.72. The van der Waals surface area contributed by atoms with Crippen molar-refractivity contribution in [3.05, 3.63) is 53.4 Å². The van der Waals surface area contributed by atoms with Crippen molar-refractivity contribution in [2.75, 3.05) is 12.4 Å². The lowest BCUT2D eigenvalue weighted by Gasteiger charge is -2.14. The normalized spacial score (nSPS) is 10.3. The molecule has 0 saturated carbocycles. The summed E-state index contributed by atoms with van der Waals surface area (Å²) in [5.74, 6) is -2.02. The summed E-state index contributed by atoms with van der Waals surface area (Å²) in [5, 5.41) is 2.65. The SMILES string of the molecule is CC.COC(=O)c1cc2c(ncn2C)c(F)c1Nc1ccc(C)cc1F. The summed E-state index contributed by atoms with van der Waals surface area (Å²) in [4.78, 5) is 16.0. The van der Waals surface area contributed by atoms with Crippen molar-refractivity contribution in [2.45, 2.75) is 20.8 Å². The number of esters is 1. The molecule has 0 bridgehead atoms. The molecule has 0 atom stereocenters. The van der Waals surface area contributed by atoms with Crippen molar-refractivity contribution in [1.82, 2.24) is 9.55 Å². The number of nitrogens with zero attached hydrogens (tertiary/aromatic N) is 2. The van der Waals surface area contributed by atoms with Crippen LogP contribution in [0.2, 0.25) is 0 Å². The van der Waals surface area contributed by atoms with Crippen molar-refractivity contribution >= 4 is 28.4 Å². The number of carbonyl (C=O) groups excluding carboxylic acids is 1. The first-order valence-corrected chi connectivity index (χ1v) is 8.17. The molecule has 5 nitrogen and oxygen atoms in total. The van der Waals surface area contributed by atoms with Gasteiger partial charge in [0.15, 0.2) is 5.82 Å². The van der Waals surface area contributed by atoms with Crippen LogP contribution in [0.25, 0.3) is 11.0 Å². The summed E-state index contributed by atoms with van der Waals surface area (Å²) >= 11 is 0. The molecule has 3 rings (SSSR count). The number of nitrogens with one attached hydrogen (secondary N) is 1. The Bertz CT molecular complexity index is 952. The van der Waals surface area contributed by atoms with Crippen LogP contribution in [0.1, 0.15) is 29.8 Å². The fourth-order valence-corrected chi connectivity index (χ4v) is 2.47. The van der Waals surface area contributed by atoms with Gasteiger partial charge in [-0.25, -0.2) is 18.6 Å². The monoisotopic (exact) mass is 361 g/mol. The van der Waals surface area contributed by atoms with Crippen molar-refractivity contribution < 1.29 is 18.3 Å². The van der Waals surface area contributed by atoms with Gasteiger partial charge in [-0.05, 0) is 30.7 Å². The van der Waals surface area contributed by atoms with Gasteiger partial charge in [0.1, 0.15) is 11.3 Å². The van der Waals surface area contributed by atoms with Gasteiger partial charge in [-0.2, -0.15) is 0 Å². The molecule has 0 amide bonds. The highest BCUT2D eigenvalue weighted by atomic mass is 19.1. The first kappa shape index (κ1) is 19.4.